The maximum atomic E-state index is 15.2. The van der Waals surface area contributed by atoms with Crippen LogP contribution in [0.3, 0.4) is 0 Å². The summed E-state index contributed by atoms with van der Waals surface area (Å²) in [4.78, 5) is 37.6. The topological polar surface area (TPSA) is 91.0 Å². The Balaban J connectivity index is 1.34. The Morgan fingerprint density at radius 2 is 2.09 bits per heavy atom. The van der Waals surface area contributed by atoms with Crippen LogP contribution in [0.5, 0.6) is 0 Å². The molecular weight excluding hydrogens is 421 g/mol. The number of pyridine rings is 1. The SMILES string of the molecule is CNC(=O)c1ccc(C2=CCN(Cc3ccc4nc(C5CC5)c(=O)[nH]c4c3F)CC2C)cn1. The molecule has 1 aromatic carbocycles. The predicted octanol–water partition coefficient (Wildman–Crippen LogP) is 3.23. The summed E-state index contributed by atoms with van der Waals surface area (Å²) in [5.41, 5.74) is 4.01. The van der Waals surface area contributed by atoms with E-state index < -0.39 is 5.82 Å². The highest BCUT2D eigenvalue weighted by Gasteiger charge is 2.29. The van der Waals surface area contributed by atoms with Gasteiger partial charge in [-0.3, -0.25) is 19.5 Å². The predicted molar refractivity (Wildman–Crippen MR) is 124 cm³/mol. The van der Waals surface area contributed by atoms with Crippen LogP contribution in [0.2, 0.25) is 0 Å². The van der Waals surface area contributed by atoms with Crippen LogP contribution in [0.4, 0.5) is 4.39 Å². The van der Waals surface area contributed by atoms with E-state index in [1.54, 1.807) is 31.4 Å². The summed E-state index contributed by atoms with van der Waals surface area (Å²) >= 11 is 0. The van der Waals surface area contributed by atoms with Gasteiger partial charge in [-0.25, -0.2) is 9.37 Å². The third-order valence-corrected chi connectivity index (χ3v) is 6.46. The van der Waals surface area contributed by atoms with Crippen molar-refractivity contribution in [3.8, 4) is 0 Å². The molecule has 2 aliphatic rings. The number of carbonyl (C=O) groups excluding carboxylic acids is 1. The second kappa shape index (κ2) is 8.51. The number of nitrogens with zero attached hydrogens (tertiary/aromatic N) is 3. The van der Waals surface area contributed by atoms with Gasteiger partial charge in [0.2, 0.25) is 0 Å². The first kappa shape index (κ1) is 21.5. The Bertz CT molecular complexity index is 1310. The molecule has 1 unspecified atom stereocenters. The van der Waals surface area contributed by atoms with Gasteiger partial charge in [-0.2, -0.15) is 0 Å². The second-order valence-corrected chi connectivity index (χ2v) is 8.92. The van der Waals surface area contributed by atoms with Crippen LogP contribution in [0.15, 0.2) is 41.3 Å². The zero-order valence-electron chi connectivity index (χ0n) is 18.7. The molecule has 0 saturated heterocycles. The van der Waals surface area contributed by atoms with Gasteiger partial charge in [0, 0.05) is 44.4 Å². The molecule has 8 heteroatoms. The molecule has 1 aliphatic heterocycles. The van der Waals surface area contributed by atoms with E-state index in [-0.39, 0.29) is 28.8 Å². The van der Waals surface area contributed by atoms with Gasteiger partial charge in [0.25, 0.3) is 11.5 Å². The highest BCUT2D eigenvalue weighted by atomic mass is 19.1. The summed E-state index contributed by atoms with van der Waals surface area (Å²) in [5, 5.41) is 2.57. The van der Waals surface area contributed by atoms with Gasteiger partial charge in [-0.1, -0.05) is 25.1 Å². The number of benzene rings is 1. The van der Waals surface area contributed by atoms with Crippen LogP contribution in [0.1, 0.15) is 53.0 Å². The third-order valence-electron chi connectivity index (χ3n) is 6.46. The van der Waals surface area contributed by atoms with Crippen molar-refractivity contribution in [3.05, 3.63) is 75.2 Å². The second-order valence-electron chi connectivity index (χ2n) is 8.92. The number of rotatable bonds is 5. The van der Waals surface area contributed by atoms with Crippen LogP contribution in [-0.2, 0) is 6.54 Å². The van der Waals surface area contributed by atoms with Crippen molar-refractivity contribution in [2.24, 2.45) is 5.92 Å². The fraction of sp³-hybridized carbons (Fsp3) is 0.360. The Hall–Kier alpha value is -3.39. The van der Waals surface area contributed by atoms with Crippen LogP contribution >= 0.6 is 0 Å². The first-order valence-corrected chi connectivity index (χ1v) is 11.3. The van der Waals surface area contributed by atoms with Crippen molar-refractivity contribution >= 4 is 22.5 Å². The molecule has 3 heterocycles. The lowest BCUT2D eigenvalue weighted by atomic mass is 9.91. The average molecular weight is 448 g/mol. The molecule has 0 radical (unpaired) electrons. The molecule has 1 atom stereocenters. The number of aromatic nitrogens is 3. The summed E-state index contributed by atoms with van der Waals surface area (Å²) in [6.07, 6.45) is 5.80. The maximum Gasteiger partial charge on any atom is 0.270 e. The molecule has 0 bridgehead atoms. The van der Waals surface area contributed by atoms with E-state index >= 15 is 4.39 Å². The van der Waals surface area contributed by atoms with E-state index in [2.05, 4.69) is 38.2 Å². The first-order valence-electron chi connectivity index (χ1n) is 11.3. The monoisotopic (exact) mass is 447 g/mol. The van der Waals surface area contributed by atoms with Gasteiger partial charge in [-0.15, -0.1) is 0 Å². The number of carbonyl (C=O) groups is 1. The van der Waals surface area contributed by atoms with E-state index in [0.717, 1.165) is 24.9 Å². The molecule has 1 amide bonds. The number of hydrogen-bond donors (Lipinski definition) is 2. The highest BCUT2D eigenvalue weighted by molar-refractivity contribution is 5.92. The molecular formula is C25H26FN5O2. The lowest BCUT2D eigenvalue weighted by Gasteiger charge is -2.31. The molecule has 1 fully saturated rings. The van der Waals surface area contributed by atoms with Crippen LogP contribution in [0.25, 0.3) is 16.6 Å². The average Bonchev–Trinajstić information content (AvgIpc) is 3.66. The number of aromatic amines is 1. The molecule has 33 heavy (non-hydrogen) atoms. The molecule has 2 N–H and O–H groups in total. The lowest BCUT2D eigenvalue weighted by molar-refractivity contribution is 0.0958. The van der Waals surface area contributed by atoms with E-state index in [1.165, 1.54) is 5.57 Å². The summed E-state index contributed by atoms with van der Waals surface area (Å²) in [7, 11) is 1.58. The summed E-state index contributed by atoms with van der Waals surface area (Å²) < 4.78 is 15.2. The van der Waals surface area contributed by atoms with Gasteiger partial charge in [0.05, 0.1) is 5.52 Å². The number of fused-ring (bicyclic) bond motifs is 1. The van der Waals surface area contributed by atoms with Crippen molar-refractivity contribution in [1.82, 2.24) is 25.2 Å². The van der Waals surface area contributed by atoms with E-state index in [1.807, 2.05) is 6.07 Å². The molecule has 5 rings (SSSR count). The van der Waals surface area contributed by atoms with Crippen molar-refractivity contribution in [1.29, 1.82) is 0 Å². The van der Waals surface area contributed by atoms with E-state index in [0.29, 0.717) is 35.6 Å². The van der Waals surface area contributed by atoms with Crippen molar-refractivity contribution in [2.75, 3.05) is 20.1 Å². The van der Waals surface area contributed by atoms with Gasteiger partial charge in [0.15, 0.2) is 5.82 Å². The molecule has 3 aromatic rings. The Morgan fingerprint density at radius 1 is 1.27 bits per heavy atom. The van der Waals surface area contributed by atoms with Crippen LogP contribution in [-0.4, -0.2) is 45.9 Å². The minimum absolute atomic E-state index is 0.186. The van der Waals surface area contributed by atoms with Gasteiger partial charge in [-0.05, 0) is 42.0 Å². The lowest BCUT2D eigenvalue weighted by Crippen LogP contribution is -2.33. The highest BCUT2D eigenvalue weighted by Crippen LogP contribution is 2.37. The van der Waals surface area contributed by atoms with Gasteiger partial charge < -0.3 is 10.3 Å². The van der Waals surface area contributed by atoms with E-state index in [4.69, 9.17) is 0 Å². The van der Waals surface area contributed by atoms with Gasteiger partial charge >= 0.3 is 0 Å². The van der Waals surface area contributed by atoms with Gasteiger partial charge in [0.1, 0.15) is 16.9 Å². The Labute approximate surface area is 190 Å². The molecule has 170 valence electrons. The smallest absolute Gasteiger partial charge is 0.270 e. The fourth-order valence-electron chi connectivity index (χ4n) is 4.52. The number of nitrogens with one attached hydrogen (secondary N) is 2. The van der Waals surface area contributed by atoms with E-state index in [9.17, 15) is 9.59 Å². The van der Waals surface area contributed by atoms with Crippen molar-refractivity contribution in [2.45, 2.75) is 32.2 Å². The van der Waals surface area contributed by atoms with Crippen LogP contribution < -0.4 is 10.9 Å². The number of H-pyrrole nitrogens is 1. The standard InChI is InChI=1S/C25H26FN5O2/c1-14-12-31(10-9-18(14)16-5-8-20(28-11-16)24(32)27-2)13-17-6-7-19-23(21(17)26)30-25(33)22(29-19)15-3-4-15/h5-9,11,14-15H,3-4,10,12-13H2,1-2H3,(H,27,32)(H,30,33). The quantitative estimate of drug-likeness (QED) is 0.627. The number of hydrogen-bond acceptors (Lipinski definition) is 5. The molecule has 7 nitrogen and oxygen atoms in total. The van der Waals surface area contributed by atoms with Crippen LogP contribution in [0, 0.1) is 11.7 Å². The zero-order valence-corrected chi connectivity index (χ0v) is 18.7. The summed E-state index contributed by atoms with van der Waals surface area (Å²) in [6, 6.07) is 7.20. The minimum Gasteiger partial charge on any atom is -0.354 e. The zero-order chi connectivity index (χ0) is 23.1. The first-order chi connectivity index (χ1) is 15.9. The normalized spacial score (nSPS) is 18.9. The molecule has 0 spiro atoms. The molecule has 2 aromatic heterocycles. The Kier molecular flexibility index (Phi) is 5.54. The third kappa shape index (κ3) is 4.18. The molecule has 1 saturated carbocycles. The fourth-order valence-corrected chi connectivity index (χ4v) is 4.52. The summed E-state index contributed by atoms with van der Waals surface area (Å²) in [5.74, 6) is -0.184. The largest absolute Gasteiger partial charge is 0.354 e. The van der Waals surface area contributed by atoms with Crippen molar-refractivity contribution < 1.29 is 9.18 Å². The number of amides is 1. The van der Waals surface area contributed by atoms with Crippen molar-refractivity contribution in [3.63, 3.8) is 0 Å². The maximum absolute atomic E-state index is 15.2. The Morgan fingerprint density at radius 3 is 2.76 bits per heavy atom. The number of halogens is 1. The summed E-state index contributed by atoms with van der Waals surface area (Å²) in [6.45, 7) is 4.00. The molecule has 1 aliphatic carbocycles. The minimum atomic E-state index is -0.407.